The minimum atomic E-state index is -3.77. The second-order valence-corrected chi connectivity index (χ2v) is 6.29. The summed E-state index contributed by atoms with van der Waals surface area (Å²) in [7, 11) is -2.38. The number of benzene rings is 1. The van der Waals surface area contributed by atoms with Gasteiger partial charge in [-0.05, 0) is 25.1 Å². The van der Waals surface area contributed by atoms with Crippen LogP contribution in [-0.4, -0.2) is 37.8 Å². The molecule has 1 rings (SSSR count). The highest BCUT2D eigenvalue weighted by atomic mass is 35.5. The normalized spacial score (nSPS) is 11.8. The molecule has 2 N–H and O–H groups in total. The first-order chi connectivity index (χ1) is 8.80. The fourth-order valence-corrected chi connectivity index (χ4v) is 2.82. The minimum Gasteiger partial charge on any atom is -0.330 e. The van der Waals surface area contributed by atoms with Crippen molar-refractivity contribution in [2.24, 2.45) is 5.73 Å². The van der Waals surface area contributed by atoms with Gasteiger partial charge in [0.2, 0.25) is 10.0 Å². The smallest absolute Gasteiger partial charge is 0.289 e. The SMILES string of the molecule is CN(CCCN)S(=O)(=O)c1ccc(Cl)c([N+](=O)[O-])c1. The lowest BCUT2D eigenvalue weighted by Gasteiger charge is -2.16. The molecule has 0 aliphatic rings. The van der Waals surface area contributed by atoms with Gasteiger partial charge in [0, 0.05) is 19.7 Å². The summed E-state index contributed by atoms with van der Waals surface area (Å²) in [4.78, 5) is 9.85. The lowest BCUT2D eigenvalue weighted by Crippen LogP contribution is -2.29. The summed E-state index contributed by atoms with van der Waals surface area (Å²) >= 11 is 5.64. The van der Waals surface area contributed by atoms with Crippen LogP contribution in [0.5, 0.6) is 0 Å². The van der Waals surface area contributed by atoms with Gasteiger partial charge in [0.25, 0.3) is 5.69 Å². The van der Waals surface area contributed by atoms with Gasteiger partial charge in [-0.3, -0.25) is 10.1 Å². The zero-order valence-corrected chi connectivity index (χ0v) is 11.8. The molecule has 1 aromatic carbocycles. The molecule has 0 radical (unpaired) electrons. The Labute approximate surface area is 116 Å². The van der Waals surface area contributed by atoms with Crippen LogP contribution in [0, 0.1) is 10.1 Å². The van der Waals surface area contributed by atoms with E-state index < -0.39 is 20.6 Å². The maximum Gasteiger partial charge on any atom is 0.289 e. The van der Waals surface area contributed by atoms with Gasteiger partial charge in [-0.25, -0.2) is 12.7 Å². The van der Waals surface area contributed by atoms with E-state index in [0.29, 0.717) is 13.0 Å². The zero-order valence-electron chi connectivity index (χ0n) is 10.2. The van der Waals surface area contributed by atoms with Crippen LogP contribution in [0.1, 0.15) is 6.42 Å². The third-order valence-corrected chi connectivity index (χ3v) is 4.67. The zero-order chi connectivity index (χ0) is 14.6. The summed E-state index contributed by atoms with van der Waals surface area (Å²) in [6.45, 7) is 0.607. The molecule has 0 unspecified atom stereocenters. The molecular formula is C10H14ClN3O4S. The Morgan fingerprint density at radius 2 is 2.11 bits per heavy atom. The van der Waals surface area contributed by atoms with Gasteiger partial charge in [0.15, 0.2) is 0 Å². The van der Waals surface area contributed by atoms with E-state index in [4.69, 9.17) is 17.3 Å². The Kier molecular flexibility index (Phi) is 5.24. The maximum atomic E-state index is 12.1. The Bertz CT molecular complexity index is 576. The van der Waals surface area contributed by atoms with E-state index in [-0.39, 0.29) is 16.5 Å². The van der Waals surface area contributed by atoms with E-state index in [9.17, 15) is 18.5 Å². The molecule has 7 nitrogen and oxygen atoms in total. The van der Waals surface area contributed by atoms with Crippen LogP contribution in [0.2, 0.25) is 5.02 Å². The van der Waals surface area contributed by atoms with Crippen LogP contribution >= 0.6 is 11.6 Å². The van der Waals surface area contributed by atoms with Gasteiger partial charge >= 0.3 is 0 Å². The molecule has 0 aliphatic heterocycles. The summed E-state index contributed by atoms with van der Waals surface area (Å²) in [5, 5.41) is 10.6. The van der Waals surface area contributed by atoms with E-state index in [2.05, 4.69) is 0 Å². The van der Waals surface area contributed by atoms with Crippen molar-refractivity contribution in [3.05, 3.63) is 33.3 Å². The summed E-state index contributed by atoms with van der Waals surface area (Å²) in [5.74, 6) is 0. The molecule has 0 aliphatic carbocycles. The summed E-state index contributed by atoms with van der Waals surface area (Å²) in [6.07, 6.45) is 0.505. The van der Waals surface area contributed by atoms with E-state index in [1.807, 2.05) is 0 Å². The predicted molar refractivity (Wildman–Crippen MR) is 71.6 cm³/mol. The van der Waals surface area contributed by atoms with E-state index in [1.165, 1.54) is 19.2 Å². The van der Waals surface area contributed by atoms with Crippen molar-refractivity contribution in [1.82, 2.24) is 4.31 Å². The number of halogens is 1. The summed E-state index contributed by atoms with van der Waals surface area (Å²) < 4.78 is 25.4. The Morgan fingerprint density at radius 3 is 2.63 bits per heavy atom. The van der Waals surface area contributed by atoms with Gasteiger partial charge in [-0.15, -0.1) is 0 Å². The summed E-state index contributed by atoms with van der Waals surface area (Å²) in [6, 6.07) is 3.39. The average Bonchev–Trinajstić information content (AvgIpc) is 2.35. The van der Waals surface area contributed by atoms with Crippen molar-refractivity contribution in [2.45, 2.75) is 11.3 Å². The minimum absolute atomic E-state index is 0.103. The van der Waals surface area contributed by atoms with Gasteiger partial charge in [-0.2, -0.15) is 0 Å². The van der Waals surface area contributed by atoms with Gasteiger partial charge < -0.3 is 5.73 Å². The predicted octanol–water partition coefficient (Wildman–Crippen LogP) is 1.22. The molecule has 0 saturated carbocycles. The number of nitrogens with zero attached hydrogens (tertiary/aromatic N) is 2. The number of hydrogen-bond donors (Lipinski definition) is 1. The lowest BCUT2D eigenvalue weighted by molar-refractivity contribution is -0.384. The second-order valence-electron chi connectivity index (χ2n) is 3.84. The largest absolute Gasteiger partial charge is 0.330 e. The highest BCUT2D eigenvalue weighted by molar-refractivity contribution is 7.89. The van der Waals surface area contributed by atoms with Crippen molar-refractivity contribution >= 4 is 27.3 Å². The highest BCUT2D eigenvalue weighted by Gasteiger charge is 2.24. The number of nitro benzene ring substituents is 1. The molecule has 106 valence electrons. The van der Waals surface area contributed by atoms with E-state index >= 15 is 0 Å². The first kappa shape index (κ1) is 15.8. The van der Waals surface area contributed by atoms with E-state index in [0.717, 1.165) is 10.4 Å². The number of nitro groups is 1. The Balaban J connectivity index is 3.15. The maximum absolute atomic E-state index is 12.1. The van der Waals surface area contributed by atoms with Gasteiger partial charge in [0.05, 0.1) is 9.82 Å². The fraction of sp³-hybridized carbons (Fsp3) is 0.400. The van der Waals surface area contributed by atoms with Crippen molar-refractivity contribution < 1.29 is 13.3 Å². The van der Waals surface area contributed by atoms with Crippen LogP contribution in [0.4, 0.5) is 5.69 Å². The van der Waals surface area contributed by atoms with Crippen LogP contribution < -0.4 is 5.73 Å². The standard InChI is InChI=1S/C10H14ClN3O4S/c1-13(6-2-5-12)19(17,18)8-3-4-9(11)10(7-8)14(15)16/h3-4,7H,2,5-6,12H2,1H3. The number of rotatable bonds is 6. The number of sulfonamides is 1. The van der Waals surface area contributed by atoms with Crippen molar-refractivity contribution in [1.29, 1.82) is 0 Å². The molecule has 0 atom stereocenters. The highest BCUT2D eigenvalue weighted by Crippen LogP contribution is 2.28. The van der Waals surface area contributed by atoms with Crippen LogP contribution in [-0.2, 0) is 10.0 Å². The first-order valence-electron chi connectivity index (χ1n) is 5.41. The Morgan fingerprint density at radius 1 is 1.47 bits per heavy atom. The third-order valence-electron chi connectivity index (χ3n) is 2.50. The monoisotopic (exact) mass is 307 g/mol. The molecule has 0 saturated heterocycles. The number of nitrogens with two attached hydrogens (primary N) is 1. The third kappa shape index (κ3) is 3.63. The van der Waals surface area contributed by atoms with Crippen molar-refractivity contribution in [3.63, 3.8) is 0 Å². The van der Waals surface area contributed by atoms with Crippen LogP contribution in [0.3, 0.4) is 0 Å². The molecule has 9 heteroatoms. The van der Waals surface area contributed by atoms with Crippen LogP contribution in [0.15, 0.2) is 23.1 Å². The molecule has 0 amide bonds. The molecular weight excluding hydrogens is 294 g/mol. The topological polar surface area (TPSA) is 107 Å². The Hall–Kier alpha value is -1.22. The van der Waals surface area contributed by atoms with Crippen LogP contribution in [0.25, 0.3) is 0 Å². The van der Waals surface area contributed by atoms with Gasteiger partial charge in [0.1, 0.15) is 5.02 Å². The molecule has 0 fully saturated rings. The fourth-order valence-electron chi connectivity index (χ4n) is 1.41. The number of hydrogen-bond acceptors (Lipinski definition) is 5. The summed E-state index contributed by atoms with van der Waals surface area (Å²) in [5.41, 5.74) is 4.88. The molecule has 0 bridgehead atoms. The average molecular weight is 308 g/mol. The van der Waals surface area contributed by atoms with E-state index in [1.54, 1.807) is 0 Å². The molecule has 0 spiro atoms. The molecule has 0 heterocycles. The first-order valence-corrected chi connectivity index (χ1v) is 7.23. The molecule has 19 heavy (non-hydrogen) atoms. The molecule has 0 aromatic heterocycles. The quantitative estimate of drug-likeness (QED) is 0.628. The van der Waals surface area contributed by atoms with Crippen molar-refractivity contribution in [3.8, 4) is 0 Å². The lowest BCUT2D eigenvalue weighted by atomic mass is 10.3. The van der Waals surface area contributed by atoms with Gasteiger partial charge in [-0.1, -0.05) is 11.6 Å². The molecule has 1 aromatic rings. The second kappa shape index (κ2) is 6.29. The van der Waals surface area contributed by atoms with Crippen molar-refractivity contribution in [2.75, 3.05) is 20.1 Å².